The average molecular weight is 365 g/mol. The number of hydrogen-bond acceptors (Lipinski definition) is 5. The predicted octanol–water partition coefficient (Wildman–Crippen LogP) is 2.55. The molecule has 2 aromatic heterocycles. The van der Waals surface area contributed by atoms with Crippen LogP contribution in [0.3, 0.4) is 0 Å². The number of carbonyl (C=O) groups excluding carboxylic acids is 1. The molecule has 3 rings (SSSR count). The van der Waals surface area contributed by atoms with Crippen molar-refractivity contribution in [1.82, 2.24) is 24.6 Å². The van der Waals surface area contributed by atoms with Crippen molar-refractivity contribution in [3.63, 3.8) is 0 Å². The Morgan fingerprint density at radius 3 is 2.63 bits per heavy atom. The highest BCUT2D eigenvalue weighted by molar-refractivity contribution is 5.78. The van der Waals surface area contributed by atoms with Crippen LogP contribution in [0.25, 0.3) is 0 Å². The van der Waals surface area contributed by atoms with Crippen molar-refractivity contribution in [2.45, 2.75) is 26.6 Å². The van der Waals surface area contributed by atoms with Crippen LogP contribution in [0.4, 0.5) is 0 Å². The highest BCUT2D eigenvalue weighted by Crippen LogP contribution is 2.17. The molecule has 7 nitrogen and oxygen atoms in total. The van der Waals surface area contributed by atoms with Crippen LogP contribution >= 0.6 is 0 Å². The lowest BCUT2D eigenvalue weighted by molar-refractivity contribution is -0.136. The zero-order valence-corrected chi connectivity index (χ0v) is 15.5. The summed E-state index contributed by atoms with van der Waals surface area (Å²) in [5.74, 6) is 0.613. The van der Waals surface area contributed by atoms with Crippen LogP contribution in [0.2, 0.25) is 0 Å². The van der Waals surface area contributed by atoms with E-state index in [0.717, 1.165) is 17.0 Å². The Balaban J connectivity index is 1.76. The quantitative estimate of drug-likeness (QED) is 0.613. The second-order valence-electron chi connectivity index (χ2n) is 6.38. The third kappa shape index (κ3) is 5.13. The van der Waals surface area contributed by atoms with Gasteiger partial charge in [-0.3, -0.25) is 14.5 Å². The summed E-state index contributed by atoms with van der Waals surface area (Å²) in [7, 11) is 1.64. The van der Waals surface area contributed by atoms with Crippen LogP contribution in [-0.4, -0.2) is 37.7 Å². The van der Waals surface area contributed by atoms with Gasteiger partial charge >= 0.3 is 0 Å². The Hall–Kier alpha value is -3.22. The lowest BCUT2D eigenvalue weighted by Crippen LogP contribution is -2.36. The molecular weight excluding hydrogens is 342 g/mol. The molecule has 0 saturated heterocycles. The van der Waals surface area contributed by atoms with Crippen molar-refractivity contribution in [2.24, 2.45) is 5.92 Å². The second kappa shape index (κ2) is 8.93. The van der Waals surface area contributed by atoms with Crippen molar-refractivity contribution in [3.8, 4) is 5.75 Å². The van der Waals surface area contributed by atoms with Gasteiger partial charge in [0.25, 0.3) is 0 Å². The fourth-order valence-corrected chi connectivity index (χ4v) is 2.85. The van der Waals surface area contributed by atoms with E-state index in [1.165, 1.54) is 6.33 Å². The van der Waals surface area contributed by atoms with Gasteiger partial charge in [0.15, 0.2) is 0 Å². The summed E-state index contributed by atoms with van der Waals surface area (Å²) in [6.45, 7) is 3.35. The van der Waals surface area contributed by atoms with Gasteiger partial charge < -0.3 is 9.64 Å². The van der Waals surface area contributed by atoms with Crippen molar-refractivity contribution in [1.29, 1.82) is 0 Å². The normalized spacial score (nSPS) is 11.8. The molecule has 1 atom stereocenters. The summed E-state index contributed by atoms with van der Waals surface area (Å²) in [5.41, 5.74) is 1.89. The van der Waals surface area contributed by atoms with Crippen LogP contribution < -0.4 is 4.74 Å². The van der Waals surface area contributed by atoms with E-state index in [0.29, 0.717) is 19.6 Å². The summed E-state index contributed by atoms with van der Waals surface area (Å²) in [6.07, 6.45) is 4.83. The Labute approximate surface area is 158 Å². The standard InChI is InChI=1S/C20H23N5O2/c1-16(11-25-15-21-14-23-25)20(26)24(13-18-5-3-4-10-22-18)12-17-6-8-19(27-2)9-7-17/h3-10,14-16H,11-13H2,1-2H3. The Morgan fingerprint density at radius 1 is 1.19 bits per heavy atom. The van der Waals surface area contributed by atoms with E-state index in [9.17, 15) is 4.79 Å². The molecule has 1 unspecified atom stereocenters. The molecule has 0 radical (unpaired) electrons. The minimum atomic E-state index is -0.228. The molecule has 0 aliphatic rings. The van der Waals surface area contributed by atoms with Gasteiger partial charge in [-0.05, 0) is 29.8 Å². The van der Waals surface area contributed by atoms with Crippen LogP contribution in [-0.2, 0) is 24.4 Å². The minimum Gasteiger partial charge on any atom is -0.497 e. The lowest BCUT2D eigenvalue weighted by Gasteiger charge is -2.26. The molecule has 0 fully saturated rings. The van der Waals surface area contributed by atoms with E-state index in [2.05, 4.69) is 15.1 Å². The van der Waals surface area contributed by atoms with Crippen molar-refractivity contribution < 1.29 is 9.53 Å². The first-order chi connectivity index (χ1) is 13.2. The Morgan fingerprint density at radius 2 is 2.00 bits per heavy atom. The number of hydrogen-bond donors (Lipinski definition) is 0. The fourth-order valence-electron chi connectivity index (χ4n) is 2.85. The maximum atomic E-state index is 13.1. The van der Waals surface area contributed by atoms with E-state index in [1.807, 2.05) is 54.3 Å². The van der Waals surface area contributed by atoms with Gasteiger partial charge in [-0.25, -0.2) is 4.98 Å². The zero-order chi connectivity index (χ0) is 19.1. The van der Waals surface area contributed by atoms with Crippen LogP contribution in [0, 0.1) is 5.92 Å². The van der Waals surface area contributed by atoms with Crippen LogP contribution in [0.1, 0.15) is 18.2 Å². The zero-order valence-electron chi connectivity index (χ0n) is 15.5. The largest absolute Gasteiger partial charge is 0.497 e. The fraction of sp³-hybridized carbons (Fsp3) is 0.300. The smallest absolute Gasteiger partial charge is 0.227 e. The number of rotatable bonds is 8. The van der Waals surface area contributed by atoms with Gasteiger partial charge in [-0.2, -0.15) is 5.10 Å². The number of ether oxygens (including phenoxy) is 1. The highest BCUT2D eigenvalue weighted by Gasteiger charge is 2.22. The number of carbonyl (C=O) groups is 1. The first-order valence-electron chi connectivity index (χ1n) is 8.79. The maximum Gasteiger partial charge on any atom is 0.227 e. The summed E-state index contributed by atoms with van der Waals surface area (Å²) >= 11 is 0. The molecule has 7 heteroatoms. The molecule has 0 bridgehead atoms. The summed E-state index contributed by atoms with van der Waals surface area (Å²) in [5, 5.41) is 4.09. The van der Waals surface area contributed by atoms with Gasteiger partial charge in [0.2, 0.25) is 5.91 Å². The molecule has 0 saturated carbocycles. The van der Waals surface area contributed by atoms with E-state index < -0.39 is 0 Å². The van der Waals surface area contributed by atoms with Crippen molar-refractivity contribution in [2.75, 3.05) is 7.11 Å². The number of nitrogens with zero attached hydrogens (tertiary/aromatic N) is 5. The summed E-state index contributed by atoms with van der Waals surface area (Å²) < 4.78 is 6.88. The maximum absolute atomic E-state index is 13.1. The predicted molar refractivity (Wildman–Crippen MR) is 101 cm³/mol. The molecule has 1 aromatic carbocycles. The molecule has 0 spiro atoms. The molecule has 0 N–H and O–H groups in total. The number of aromatic nitrogens is 4. The SMILES string of the molecule is COc1ccc(CN(Cc2ccccn2)C(=O)C(C)Cn2cncn2)cc1. The molecule has 2 heterocycles. The van der Waals surface area contributed by atoms with Gasteiger partial charge in [0.1, 0.15) is 18.4 Å². The van der Waals surface area contributed by atoms with Gasteiger partial charge in [-0.15, -0.1) is 0 Å². The molecule has 3 aromatic rings. The molecule has 1 amide bonds. The van der Waals surface area contributed by atoms with E-state index in [-0.39, 0.29) is 11.8 Å². The topological polar surface area (TPSA) is 73.1 Å². The van der Waals surface area contributed by atoms with Gasteiger partial charge in [0.05, 0.1) is 31.8 Å². The molecule has 0 aliphatic carbocycles. The first-order valence-corrected chi connectivity index (χ1v) is 8.79. The lowest BCUT2D eigenvalue weighted by atomic mass is 10.1. The number of amides is 1. The second-order valence-corrected chi connectivity index (χ2v) is 6.38. The third-order valence-electron chi connectivity index (χ3n) is 4.27. The van der Waals surface area contributed by atoms with E-state index in [4.69, 9.17) is 4.74 Å². The average Bonchev–Trinajstić information content (AvgIpc) is 3.21. The Kier molecular flexibility index (Phi) is 6.14. The molecule has 0 aliphatic heterocycles. The highest BCUT2D eigenvalue weighted by atomic mass is 16.5. The molecule has 27 heavy (non-hydrogen) atoms. The van der Waals surface area contributed by atoms with Crippen molar-refractivity contribution in [3.05, 3.63) is 72.6 Å². The van der Waals surface area contributed by atoms with E-state index >= 15 is 0 Å². The number of methoxy groups -OCH3 is 1. The molecular formula is C20H23N5O2. The summed E-state index contributed by atoms with van der Waals surface area (Å²) in [4.78, 5) is 23.2. The summed E-state index contributed by atoms with van der Waals surface area (Å²) in [6, 6.07) is 13.5. The Bertz CT molecular complexity index is 835. The van der Waals surface area contributed by atoms with Crippen molar-refractivity contribution >= 4 is 5.91 Å². The van der Waals surface area contributed by atoms with Gasteiger partial charge in [-0.1, -0.05) is 25.1 Å². The van der Waals surface area contributed by atoms with Crippen LogP contribution in [0.5, 0.6) is 5.75 Å². The minimum absolute atomic E-state index is 0.0481. The number of pyridine rings is 1. The van der Waals surface area contributed by atoms with Crippen LogP contribution in [0.15, 0.2) is 61.3 Å². The van der Waals surface area contributed by atoms with Gasteiger partial charge in [0, 0.05) is 12.7 Å². The monoisotopic (exact) mass is 365 g/mol. The number of benzene rings is 1. The molecule has 140 valence electrons. The van der Waals surface area contributed by atoms with E-state index in [1.54, 1.807) is 24.3 Å². The third-order valence-corrected chi connectivity index (χ3v) is 4.27. The first kappa shape index (κ1) is 18.6.